The van der Waals surface area contributed by atoms with Gasteiger partial charge in [0.05, 0.1) is 4.34 Å². The van der Waals surface area contributed by atoms with E-state index >= 15 is 0 Å². The van der Waals surface area contributed by atoms with Crippen molar-refractivity contribution in [1.82, 2.24) is 5.32 Å². The Bertz CT molecular complexity index is 323. The molecule has 2 rings (SSSR count). The minimum Gasteiger partial charge on any atom is -0.381 e. The Balaban J connectivity index is 1.69. The Kier molecular flexibility index (Phi) is 4.65. The van der Waals surface area contributed by atoms with E-state index < -0.39 is 0 Å². The zero-order chi connectivity index (χ0) is 11.4. The fourth-order valence-corrected chi connectivity index (χ4v) is 3.06. The Morgan fingerprint density at radius 3 is 3.12 bits per heavy atom. The molecule has 1 aliphatic rings. The van der Waals surface area contributed by atoms with E-state index in [1.54, 1.807) is 11.3 Å². The fraction of sp³-hybridized carbons (Fsp3) is 0.667. The molecule has 0 saturated carbocycles. The molecule has 90 valence electrons. The standard InChI is InChI=1S/C12H18ClNOS/c1-9(11-2-3-12(13)16-11)14-6-4-10-5-7-15-8-10/h2-3,9-10,14H,4-8H2,1H3. The molecule has 16 heavy (non-hydrogen) atoms. The minimum absolute atomic E-state index is 0.403. The van der Waals surface area contributed by atoms with E-state index in [1.165, 1.54) is 17.7 Å². The van der Waals surface area contributed by atoms with Crippen LogP contribution in [0.25, 0.3) is 0 Å². The maximum Gasteiger partial charge on any atom is 0.0931 e. The average Bonchev–Trinajstić information content (AvgIpc) is 2.89. The summed E-state index contributed by atoms with van der Waals surface area (Å²) in [7, 11) is 0. The number of hydrogen-bond donors (Lipinski definition) is 1. The maximum absolute atomic E-state index is 5.92. The molecular weight excluding hydrogens is 242 g/mol. The highest BCUT2D eigenvalue weighted by atomic mass is 35.5. The lowest BCUT2D eigenvalue weighted by Crippen LogP contribution is -2.21. The highest BCUT2D eigenvalue weighted by Gasteiger charge is 2.15. The first-order valence-electron chi connectivity index (χ1n) is 5.82. The van der Waals surface area contributed by atoms with Crippen molar-refractivity contribution in [3.05, 3.63) is 21.3 Å². The third-order valence-electron chi connectivity index (χ3n) is 3.05. The average molecular weight is 260 g/mol. The first-order chi connectivity index (χ1) is 7.75. The lowest BCUT2D eigenvalue weighted by atomic mass is 10.1. The van der Waals surface area contributed by atoms with Crippen molar-refractivity contribution >= 4 is 22.9 Å². The van der Waals surface area contributed by atoms with Crippen molar-refractivity contribution < 1.29 is 4.74 Å². The van der Waals surface area contributed by atoms with E-state index in [0.29, 0.717) is 6.04 Å². The molecule has 0 bridgehead atoms. The third kappa shape index (κ3) is 3.45. The van der Waals surface area contributed by atoms with Crippen LogP contribution in [0.1, 0.15) is 30.7 Å². The number of halogens is 1. The van der Waals surface area contributed by atoms with Gasteiger partial charge in [0.2, 0.25) is 0 Å². The van der Waals surface area contributed by atoms with Crippen LogP contribution in [0, 0.1) is 5.92 Å². The van der Waals surface area contributed by atoms with E-state index in [4.69, 9.17) is 16.3 Å². The first kappa shape index (κ1) is 12.4. The van der Waals surface area contributed by atoms with E-state index in [-0.39, 0.29) is 0 Å². The zero-order valence-corrected chi connectivity index (χ0v) is 11.1. The van der Waals surface area contributed by atoms with E-state index in [0.717, 1.165) is 30.0 Å². The quantitative estimate of drug-likeness (QED) is 0.874. The van der Waals surface area contributed by atoms with Gasteiger partial charge in [-0.2, -0.15) is 0 Å². The highest BCUT2D eigenvalue weighted by molar-refractivity contribution is 7.16. The van der Waals surface area contributed by atoms with Crippen LogP contribution in [0.3, 0.4) is 0 Å². The second-order valence-corrected chi connectivity index (χ2v) is 6.08. The van der Waals surface area contributed by atoms with Crippen LogP contribution in [0.15, 0.2) is 12.1 Å². The predicted octanol–water partition coefficient (Wildman–Crippen LogP) is 3.48. The number of ether oxygens (including phenoxy) is 1. The molecule has 0 aliphatic carbocycles. The number of hydrogen-bond acceptors (Lipinski definition) is 3. The zero-order valence-electron chi connectivity index (χ0n) is 9.54. The molecule has 0 radical (unpaired) electrons. The van der Waals surface area contributed by atoms with Gasteiger partial charge in [0.25, 0.3) is 0 Å². The number of thiophene rings is 1. The van der Waals surface area contributed by atoms with Gasteiger partial charge in [0, 0.05) is 24.1 Å². The van der Waals surface area contributed by atoms with Crippen molar-refractivity contribution in [2.45, 2.75) is 25.8 Å². The predicted molar refractivity (Wildman–Crippen MR) is 69.3 cm³/mol. The first-order valence-corrected chi connectivity index (χ1v) is 7.01. The van der Waals surface area contributed by atoms with Crippen molar-refractivity contribution in [3.8, 4) is 0 Å². The second-order valence-electron chi connectivity index (χ2n) is 4.34. The lowest BCUT2D eigenvalue weighted by Gasteiger charge is -2.13. The van der Waals surface area contributed by atoms with Gasteiger partial charge in [0.15, 0.2) is 0 Å². The van der Waals surface area contributed by atoms with Gasteiger partial charge in [-0.1, -0.05) is 11.6 Å². The van der Waals surface area contributed by atoms with Gasteiger partial charge in [-0.15, -0.1) is 11.3 Å². The Hall–Kier alpha value is -0.0900. The molecule has 2 unspecified atom stereocenters. The molecule has 1 N–H and O–H groups in total. The molecule has 2 heterocycles. The lowest BCUT2D eigenvalue weighted by molar-refractivity contribution is 0.184. The smallest absolute Gasteiger partial charge is 0.0931 e. The van der Waals surface area contributed by atoms with Crippen molar-refractivity contribution in [2.75, 3.05) is 19.8 Å². The van der Waals surface area contributed by atoms with Crippen LogP contribution in [0.4, 0.5) is 0 Å². The van der Waals surface area contributed by atoms with Crippen LogP contribution < -0.4 is 5.32 Å². The van der Waals surface area contributed by atoms with Crippen molar-refractivity contribution in [1.29, 1.82) is 0 Å². The van der Waals surface area contributed by atoms with Gasteiger partial charge >= 0.3 is 0 Å². The molecule has 0 spiro atoms. The van der Waals surface area contributed by atoms with Gasteiger partial charge in [-0.25, -0.2) is 0 Å². The summed E-state index contributed by atoms with van der Waals surface area (Å²) in [5, 5.41) is 3.54. The summed E-state index contributed by atoms with van der Waals surface area (Å²) in [5.74, 6) is 0.756. The van der Waals surface area contributed by atoms with Crippen LogP contribution >= 0.6 is 22.9 Å². The monoisotopic (exact) mass is 259 g/mol. The summed E-state index contributed by atoms with van der Waals surface area (Å²) in [6, 6.07) is 4.47. The molecule has 2 atom stereocenters. The van der Waals surface area contributed by atoms with Crippen molar-refractivity contribution in [3.63, 3.8) is 0 Å². The summed E-state index contributed by atoms with van der Waals surface area (Å²) >= 11 is 7.57. The van der Waals surface area contributed by atoms with Crippen LogP contribution in [0.2, 0.25) is 4.34 Å². The third-order valence-corrected chi connectivity index (χ3v) is 4.46. The maximum atomic E-state index is 5.92. The highest BCUT2D eigenvalue weighted by Crippen LogP contribution is 2.26. The summed E-state index contributed by atoms with van der Waals surface area (Å²) in [6.07, 6.45) is 2.43. The molecule has 0 aromatic carbocycles. The molecule has 1 aliphatic heterocycles. The number of nitrogens with one attached hydrogen (secondary N) is 1. The Morgan fingerprint density at radius 1 is 1.62 bits per heavy atom. The van der Waals surface area contributed by atoms with Gasteiger partial charge in [-0.05, 0) is 44.4 Å². The minimum atomic E-state index is 0.403. The van der Waals surface area contributed by atoms with Gasteiger partial charge in [0.1, 0.15) is 0 Å². The van der Waals surface area contributed by atoms with Gasteiger partial charge < -0.3 is 10.1 Å². The van der Waals surface area contributed by atoms with Crippen LogP contribution in [-0.2, 0) is 4.74 Å². The topological polar surface area (TPSA) is 21.3 Å². The van der Waals surface area contributed by atoms with Crippen LogP contribution in [-0.4, -0.2) is 19.8 Å². The molecule has 4 heteroatoms. The Labute approximate surface area is 106 Å². The molecular formula is C12H18ClNOS. The molecule has 1 aromatic rings. The molecule has 0 amide bonds. The molecule has 1 saturated heterocycles. The molecule has 1 fully saturated rings. The molecule has 2 nitrogen and oxygen atoms in total. The summed E-state index contributed by atoms with van der Waals surface area (Å²) < 4.78 is 6.23. The van der Waals surface area contributed by atoms with E-state index in [9.17, 15) is 0 Å². The van der Waals surface area contributed by atoms with E-state index in [1.807, 2.05) is 6.07 Å². The summed E-state index contributed by atoms with van der Waals surface area (Å²) in [6.45, 7) is 5.14. The van der Waals surface area contributed by atoms with E-state index in [2.05, 4.69) is 18.3 Å². The fourth-order valence-electron chi connectivity index (χ4n) is 1.98. The number of rotatable bonds is 5. The molecule has 1 aromatic heterocycles. The normalized spacial score (nSPS) is 22.5. The largest absolute Gasteiger partial charge is 0.381 e. The van der Waals surface area contributed by atoms with Crippen LogP contribution in [0.5, 0.6) is 0 Å². The Morgan fingerprint density at radius 2 is 2.50 bits per heavy atom. The summed E-state index contributed by atoms with van der Waals surface area (Å²) in [4.78, 5) is 1.31. The second kappa shape index (κ2) is 6.01. The van der Waals surface area contributed by atoms with Gasteiger partial charge in [-0.3, -0.25) is 0 Å². The SMILES string of the molecule is CC(NCCC1CCOC1)c1ccc(Cl)s1. The van der Waals surface area contributed by atoms with Crippen molar-refractivity contribution in [2.24, 2.45) is 5.92 Å². The summed E-state index contributed by atoms with van der Waals surface area (Å²) in [5.41, 5.74) is 0.